The van der Waals surface area contributed by atoms with E-state index in [1.165, 1.54) is 21.5 Å². The summed E-state index contributed by atoms with van der Waals surface area (Å²) in [5.41, 5.74) is 11.9. The highest BCUT2D eigenvalue weighted by Gasteiger charge is 2.25. The van der Waals surface area contributed by atoms with Gasteiger partial charge >= 0.3 is 0 Å². The maximum Gasteiger partial charge on any atom is 0.0701 e. The van der Waals surface area contributed by atoms with E-state index in [-0.39, 0.29) is 6.04 Å². The van der Waals surface area contributed by atoms with Gasteiger partial charge in [0, 0.05) is 24.0 Å². The van der Waals surface area contributed by atoms with Gasteiger partial charge < -0.3 is 16.4 Å². The molecule has 0 spiro atoms. The molecule has 0 saturated carbocycles. The number of nitrogens with zero attached hydrogens (tertiary/aromatic N) is 1. The van der Waals surface area contributed by atoms with Crippen LogP contribution < -0.4 is 11.5 Å². The number of halogens is 1. The molecule has 5 heteroatoms. The van der Waals surface area contributed by atoms with Crippen LogP contribution in [0.25, 0.3) is 0 Å². The van der Waals surface area contributed by atoms with Gasteiger partial charge in [-0.25, -0.2) is 0 Å². The molecule has 2 heterocycles. The van der Waals surface area contributed by atoms with Crippen LogP contribution in [0.15, 0.2) is 15.9 Å². The Labute approximate surface area is 115 Å². The molecule has 1 unspecified atom stereocenters. The molecule has 2 rings (SSSR count). The molecule has 1 aliphatic heterocycles. The van der Waals surface area contributed by atoms with Crippen LogP contribution in [0.2, 0.25) is 0 Å². The number of hydrogen-bond donors (Lipinski definition) is 2. The summed E-state index contributed by atoms with van der Waals surface area (Å²) in [5.74, 6) is 0.620. The van der Waals surface area contributed by atoms with Crippen LogP contribution in [0, 0.1) is 5.92 Å². The van der Waals surface area contributed by atoms with Crippen molar-refractivity contribution in [3.8, 4) is 0 Å². The highest BCUT2D eigenvalue weighted by molar-refractivity contribution is 9.11. The first kappa shape index (κ1) is 13.5. The molecule has 4 N–H and O–H groups in total. The maximum atomic E-state index is 6.35. The average molecular weight is 318 g/mol. The summed E-state index contributed by atoms with van der Waals surface area (Å²) >= 11 is 5.25. The van der Waals surface area contributed by atoms with Crippen molar-refractivity contribution in [3.63, 3.8) is 0 Å². The largest absolute Gasteiger partial charge is 0.329 e. The van der Waals surface area contributed by atoms with E-state index in [2.05, 4.69) is 33.0 Å². The Bertz CT molecular complexity index is 347. The Morgan fingerprint density at radius 2 is 2.12 bits per heavy atom. The lowest BCUT2D eigenvalue weighted by Gasteiger charge is -2.34. The van der Waals surface area contributed by atoms with Crippen molar-refractivity contribution in [2.45, 2.75) is 18.9 Å². The zero-order chi connectivity index (χ0) is 12.3. The number of rotatable bonds is 4. The Balaban J connectivity index is 1.88. The summed E-state index contributed by atoms with van der Waals surface area (Å²) in [7, 11) is 0. The van der Waals surface area contributed by atoms with Crippen molar-refractivity contribution in [3.05, 3.63) is 20.8 Å². The van der Waals surface area contributed by atoms with Gasteiger partial charge in [0.25, 0.3) is 0 Å². The molecule has 0 amide bonds. The standard InChI is InChI=1S/C12H20BrN3S/c13-11-2-1-10(17-11)12(15)9-3-6-16(7-4-9)8-5-14/h1-2,9,12H,3-8,14-15H2. The van der Waals surface area contributed by atoms with Crippen LogP contribution in [0.5, 0.6) is 0 Å². The van der Waals surface area contributed by atoms with Crippen molar-refractivity contribution in [2.75, 3.05) is 26.2 Å². The first-order valence-corrected chi connectivity index (χ1v) is 7.75. The molecule has 0 aliphatic carbocycles. The van der Waals surface area contributed by atoms with Crippen LogP contribution in [0.1, 0.15) is 23.8 Å². The minimum atomic E-state index is 0.200. The Morgan fingerprint density at radius 3 is 2.65 bits per heavy atom. The van der Waals surface area contributed by atoms with Crippen molar-refractivity contribution < 1.29 is 0 Å². The Kier molecular flexibility index (Phi) is 4.99. The molecule has 96 valence electrons. The molecule has 0 aromatic carbocycles. The third-order valence-electron chi connectivity index (χ3n) is 3.51. The first-order valence-electron chi connectivity index (χ1n) is 6.14. The number of thiophene rings is 1. The molecule has 1 atom stereocenters. The Morgan fingerprint density at radius 1 is 1.41 bits per heavy atom. The molecule has 3 nitrogen and oxygen atoms in total. The lowest BCUT2D eigenvalue weighted by Crippen LogP contribution is -2.39. The van der Waals surface area contributed by atoms with Gasteiger partial charge in [0.15, 0.2) is 0 Å². The van der Waals surface area contributed by atoms with Crippen molar-refractivity contribution >= 4 is 27.3 Å². The molecule has 17 heavy (non-hydrogen) atoms. The third kappa shape index (κ3) is 3.51. The highest BCUT2D eigenvalue weighted by Crippen LogP contribution is 2.34. The number of nitrogens with two attached hydrogens (primary N) is 2. The second kappa shape index (κ2) is 6.29. The second-order valence-corrected chi connectivity index (χ2v) is 7.13. The van der Waals surface area contributed by atoms with Crippen molar-refractivity contribution in [2.24, 2.45) is 17.4 Å². The fourth-order valence-corrected chi connectivity index (χ4v) is 3.98. The van der Waals surface area contributed by atoms with E-state index in [0.717, 1.165) is 26.2 Å². The lowest BCUT2D eigenvalue weighted by molar-refractivity contribution is 0.173. The fraction of sp³-hybridized carbons (Fsp3) is 0.667. The topological polar surface area (TPSA) is 55.3 Å². The fourth-order valence-electron chi connectivity index (χ4n) is 2.46. The minimum Gasteiger partial charge on any atom is -0.329 e. The molecule has 0 bridgehead atoms. The molecule has 0 radical (unpaired) electrons. The number of likely N-dealkylation sites (tertiary alicyclic amines) is 1. The van der Waals surface area contributed by atoms with Gasteiger partial charge in [0.1, 0.15) is 0 Å². The van der Waals surface area contributed by atoms with Crippen LogP contribution in [0.3, 0.4) is 0 Å². The average Bonchev–Trinajstić information content (AvgIpc) is 2.76. The summed E-state index contributed by atoms with van der Waals surface area (Å²) in [6, 6.07) is 4.43. The molecular weight excluding hydrogens is 298 g/mol. The van der Waals surface area contributed by atoms with E-state index in [0.29, 0.717) is 5.92 Å². The molecule has 1 fully saturated rings. The third-order valence-corrected chi connectivity index (χ3v) is 5.23. The highest BCUT2D eigenvalue weighted by atomic mass is 79.9. The normalized spacial score (nSPS) is 20.6. The summed E-state index contributed by atoms with van der Waals surface area (Å²) < 4.78 is 1.17. The lowest BCUT2D eigenvalue weighted by atomic mass is 9.89. The second-order valence-electron chi connectivity index (χ2n) is 4.64. The van der Waals surface area contributed by atoms with Crippen LogP contribution in [-0.4, -0.2) is 31.1 Å². The summed E-state index contributed by atoms with van der Waals surface area (Å²) in [5, 5.41) is 0. The number of piperidine rings is 1. The summed E-state index contributed by atoms with van der Waals surface area (Å²) in [4.78, 5) is 3.74. The van der Waals surface area contributed by atoms with Crippen LogP contribution >= 0.6 is 27.3 Å². The zero-order valence-electron chi connectivity index (χ0n) is 9.94. The molecule has 1 saturated heterocycles. The zero-order valence-corrected chi connectivity index (χ0v) is 12.3. The van der Waals surface area contributed by atoms with Gasteiger partial charge in [-0.15, -0.1) is 11.3 Å². The van der Waals surface area contributed by atoms with Crippen molar-refractivity contribution in [1.82, 2.24) is 4.90 Å². The smallest absolute Gasteiger partial charge is 0.0701 e. The van der Waals surface area contributed by atoms with Crippen LogP contribution in [-0.2, 0) is 0 Å². The SMILES string of the molecule is NCCN1CCC(C(N)c2ccc(Br)s2)CC1. The predicted molar refractivity (Wildman–Crippen MR) is 77.2 cm³/mol. The van der Waals surface area contributed by atoms with E-state index in [1.54, 1.807) is 11.3 Å². The predicted octanol–water partition coefficient (Wildman–Crippen LogP) is 2.18. The molecular formula is C12H20BrN3S. The van der Waals surface area contributed by atoms with Crippen molar-refractivity contribution in [1.29, 1.82) is 0 Å². The molecule has 1 aromatic heterocycles. The van der Waals surface area contributed by atoms with Gasteiger partial charge in [-0.2, -0.15) is 0 Å². The van der Waals surface area contributed by atoms with Gasteiger partial charge in [0.05, 0.1) is 3.79 Å². The van der Waals surface area contributed by atoms with E-state index in [4.69, 9.17) is 11.5 Å². The maximum absolute atomic E-state index is 6.35. The van der Waals surface area contributed by atoms with Gasteiger partial charge in [-0.1, -0.05) is 0 Å². The quantitative estimate of drug-likeness (QED) is 0.895. The van der Waals surface area contributed by atoms with Gasteiger partial charge in [-0.3, -0.25) is 0 Å². The monoisotopic (exact) mass is 317 g/mol. The van der Waals surface area contributed by atoms with E-state index < -0.39 is 0 Å². The van der Waals surface area contributed by atoms with Gasteiger partial charge in [0.2, 0.25) is 0 Å². The summed E-state index contributed by atoms with van der Waals surface area (Å²) in [6.07, 6.45) is 2.38. The summed E-state index contributed by atoms with van der Waals surface area (Å²) in [6.45, 7) is 4.06. The van der Waals surface area contributed by atoms with E-state index in [1.807, 2.05) is 0 Å². The van der Waals surface area contributed by atoms with E-state index in [9.17, 15) is 0 Å². The first-order chi connectivity index (χ1) is 8.20. The minimum absolute atomic E-state index is 0.200. The number of hydrogen-bond acceptors (Lipinski definition) is 4. The Hall–Kier alpha value is 0.0600. The van der Waals surface area contributed by atoms with Gasteiger partial charge in [-0.05, 0) is 59.9 Å². The van der Waals surface area contributed by atoms with E-state index >= 15 is 0 Å². The molecule has 1 aromatic rings. The van der Waals surface area contributed by atoms with Crippen LogP contribution in [0.4, 0.5) is 0 Å². The molecule has 1 aliphatic rings.